The van der Waals surface area contributed by atoms with Gasteiger partial charge in [0, 0.05) is 17.9 Å². The van der Waals surface area contributed by atoms with Crippen LogP contribution >= 0.6 is 0 Å². The molecule has 2 atom stereocenters. The van der Waals surface area contributed by atoms with Crippen LogP contribution in [0, 0.1) is 5.92 Å². The van der Waals surface area contributed by atoms with Gasteiger partial charge in [-0.05, 0) is 18.1 Å². The third-order valence-electron chi connectivity index (χ3n) is 2.08. The highest BCUT2D eigenvalue weighted by Crippen LogP contribution is 2.17. The van der Waals surface area contributed by atoms with E-state index in [9.17, 15) is 5.11 Å². The lowest BCUT2D eigenvalue weighted by Crippen LogP contribution is -2.33. The molecule has 3 heteroatoms. The van der Waals surface area contributed by atoms with Crippen LogP contribution in [0.5, 0.6) is 0 Å². The highest BCUT2D eigenvalue weighted by atomic mass is 16.3. The Kier molecular flexibility index (Phi) is 2.89. The Labute approximate surface area is 72.6 Å². The smallest absolute Gasteiger partial charge is 0.109 e. The van der Waals surface area contributed by atoms with Crippen molar-refractivity contribution < 1.29 is 5.11 Å². The molecule has 0 fully saturated rings. The molecule has 0 aliphatic carbocycles. The average Bonchev–Trinajstić information content (AvgIpc) is 2.53. The van der Waals surface area contributed by atoms with E-state index in [2.05, 4.69) is 4.98 Å². The number of H-pyrrole nitrogens is 1. The summed E-state index contributed by atoms with van der Waals surface area (Å²) in [6.07, 6.45) is 1.20. The molecular formula is C9H16N2O. The van der Waals surface area contributed by atoms with Gasteiger partial charge < -0.3 is 15.8 Å². The molecule has 1 aromatic heterocycles. The molecule has 0 bridgehead atoms. The molecule has 0 amide bonds. The zero-order valence-electron chi connectivity index (χ0n) is 7.49. The number of rotatable bonds is 3. The predicted octanol–water partition coefficient (Wildman–Crippen LogP) is 1.03. The summed E-state index contributed by atoms with van der Waals surface area (Å²) in [4.78, 5) is 2.94. The number of nitrogens with one attached hydrogen (secondary N) is 1. The van der Waals surface area contributed by atoms with Crippen LogP contribution in [0.1, 0.15) is 25.6 Å². The Hall–Kier alpha value is -0.800. The third-order valence-corrected chi connectivity index (χ3v) is 2.08. The minimum atomic E-state index is -0.583. The fraction of sp³-hybridized carbons (Fsp3) is 0.556. The van der Waals surface area contributed by atoms with Crippen molar-refractivity contribution in [1.29, 1.82) is 0 Å². The SMILES string of the molecule is CC(C)C(N)C(O)c1ccc[nH]1. The van der Waals surface area contributed by atoms with Gasteiger partial charge in [0.1, 0.15) is 6.10 Å². The molecule has 12 heavy (non-hydrogen) atoms. The molecule has 3 nitrogen and oxygen atoms in total. The summed E-state index contributed by atoms with van der Waals surface area (Å²) in [5, 5.41) is 9.69. The van der Waals surface area contributed by atoms with Crippen LogP contribution in [0.3, 0.4) is 0 Å². The number of aromatic nitrogens is 1. The zero-order valence-corrected chi connectivity index (χ0v) is 7.49. The molecule has 68 valence electrons. The lowest BCUT2D eigenvalue weighted by molar-refractivity contribution is 0.122. The minimum Gasteiger partial charge on any atom is -0.385 e. The van der Waals surface area contributed by atoms with Crippen molar-refractivity contribution in [3.63, 3.8) is 0 Å². The maximum Gasteiger partial charge on any atom is 0.109 e. The largest absolute Gasteiger partial charge is 0.385 e. The fourth-order valence-electron chi connectivity index (χ4n) is 1.10. The normalized spacial score (nSPS) is 16.4. The van der Waals surface area contributed by atoms with E-state index in [0.29, 0.717) is 0 Å². The first kappa shape index (κ1) is 9.29. The molecule has 0 aromatic carbocycles. The first-order valence-electron chi connectivity index (χ1n) is 4.20. The van der Waals surface area contributed by atoms with E-state index in [-0.39, 0.29) is 12.0 Å². The van der Waals surface area contributed by atoms with E-state index < -0.39 is 6.10 Å². The zero-order chi connectivity index (χ0) is 9.14. The molecule has 0 saturated heterocycles. The maximum absolute atomic E-state index is 9.69. The number of hydrogen-bond donors (Lipinski definition) is 3. The Morgan fingerprint density at radius 3 is 2.58 bits per heavy atom. The standard InChI is InChI=1S/C9H16N2O/c1-6(2)8(10)9(12)7-4-3-5-11-7/h3-6,8-9,11-12H,10H2,1-2H3. The van der Waals surface area contributed by atoms with Crippen LogP contribution in [0.4, 0.5) is 0 Å². The van der Waals surface area contributed by atoms with Crippen molar-refractivity contribution in [2.24, 2.45) is 11.7 Å². The Morgan fingerprint density at radius 1 is 1.50 bits per heavy atom. The van der Waals surface area contributed by atoms with Crippen LogP contribution in [-0.4, -0.2) is 16.1 Å². The molecule has 2 unspecified atom stereocenters. The van der Waals surface area contributed by atoms with Crippen LogP contribution in [0.2, 0.25) is 0 Å². The molecule has 0 aliphatic rings. The van der Waals surface area contributed by atoms with E-state index in [1.54, 1.807) is 6.20 Å². The topological polar surface area (TPSA) is 62.0 Å². The van der Waals surface area contributed by atoms with Crippen molar-refractivity contribution >= 4 is 0 Å². The fourth-order valence-corrected chi connectivity index (χ4v) is 1.10. The van der Waals surface area contributed by atoms with Gasteiger partial charge in [0.05, 0.1) is 0 Å². The van der Waals surface area contributed by atoms with Crippen LogP contribution in [-0.2, 0) is 0 Å². The Morgan fingerprint density at radius 2 is 2.17 bits per heavy atom. The summed E-state index contributed by atoms with van der Waals surface area (Å²) in [5.74, 6) is 0.281. The van der Waals surface area contributed by atoms with Crippen LogP contribution in [0.15, 0.2) is 18.3 Å². The van der Waals surface area contributed by atoms with Crippen molar-refractivity contribution in [2.45, 2.75) is 26.0 Å². The first-order valence-corrected chi connectivity index (χ1v) is 4.20. The van der Waals surface area contributed by atoms with Crippen LogP contribution < -0.4 is 5.73 Å². The molecular weight excluding hydrogens is 152 g/mol. The van der Waals surface area contributed by atoms with Gasteiger partial charge in [0.25, 0.3) is 0 Å². The number of nitrogens with two attached hydrogens (primary N) is 1. The third kappa shape index (κ3) is 1.87. The lowest BCUT2D eigenvalue weighted by Gasteiger charge is -2.21. The Balaban J connectivity index is 2.65. The molecule has 0 radical (unpaired) electrons. The van der Waals surface area contributed by atoms with E-state index in [0.717, 1.165) is 5.69 Å². The minimum absolute atomic E-state index is 0.205. The van der Waals surface area contributed by atoms with Gasteiger partial charge in [0.15, 0.2) is 0 Å². The first-order chi connectivity index (χ1) is 5.63. The molecule has 0 saturated carbocycles. The molecule has 1 heterocycles. The molecule has 0 spiro atoms. The molecule has 1 rings (SSSR count). The summed E-state index contributed by atoms with van der Waals surface area (Å²) in [7, 11) is 0. The number of aliphatic hydroxyl groups is 1. The highest BCUT2D eigenvalue weighted by Gasteiger charge is 2.20. The van der Waals surface area contributed by atoms with Gasteiger partial charge in [-0.1, -0.05) is 13.8 Å². The van der Waals surface area contributed by atoms with Gasteiger partial charge in [-0.3, -0.25) is 0 Å². The van der Waals surface area contributed by atoms with Crippen molar-refractivity contribution in [3.05, 3.63) is 24.0 Å². The molecule has 1 aromatic rings. The summed E-state index contributed by atoms with van der Waals surface area (Å²) in [6, 6.07) is 3.49. The number of aliphatic hydroxyl groups excluding tert-OH is 1. The summed E-state index contributed by atoms with van der Waals surface area (Å²) >= 11 is 0. The monoisotopic (exact) mass is 168 g/mol. The number of aromatic amines is 1. The quantitative estimate of drug-likeness (QED) is 0.631. The van der Waals surface area contributed by atoms with E-state index >= 15 is 0 Å². The highest BCUT2D eigenvalue weighted by molar-refractivity contribution is 5.09. The Bertz CT molecular complexity index is 218. The van der Waals surface area contributed by atoms with Crippen LogP contribution in [0.25, 0.3) is 0 Å². The summed E-state index contributed by atoms with van der Waals surface area (Å²) in [6.45, 7) is 3.99. The van der Waals surface area contributed by atoms with Gasteiger partial charge in [-0.25, -0.2) is 0 Å². The van der Waals surface area contributed by atoms with Crippen molar-refractivity contribution in [3.8, 4) is 0 Å². The van der Waals surface area contributed by atoms with Gasteiger partial charge in [-0.2, -0.15) is 0 Å². The second-order valence-electron chi connectivity index (χ2n) is 3.39. The van der Waals surface area contributed by atoms with Crippen molar-refractivity contribution in [2.75, 3.05) is 0 Å². The van der Waals surface area contributed by atoms with E-state index in [1.807, 2.05) is 26.0 Å². The lowest BCUT2D eigenvalue weighted by atomic mass is 9.98. The van der Waals surface area contributed by atoms with Gasteiger partial charge >= 0.3 is 0 Å². The summed E-state index contributed by atoms with van der Waals surface area (Å²) in [5.41, 5.74) is 6.57. The summed E-state index contributed by atoms with van der Waals surface area (Å²) < 4.78 is 0. The molecule has 4 N–H and O–H groups in total. The number of hydrogen-bond acceptors (Lipinski definition) is 2. The van der Waals surface area contributed by atoms with Gasteiger partial charge in [0.2, 0.25) is 0 Å². The molecule has 0 aliphatic heterocycles. The maximum atomic E-state index is 9.69. The second-order valence-corrected chi connectivity index (χ2v) is 3.39. The van der Waals surface area contributed by atoms with E-state index in [1.165, 1.54) is 0 Å². The van der Waals surface area contributed by atoms with Gasteiger partial charge in [-0.15, -0.1) is 0 Å². The average molecular weight is 168 g/mol. The van der Waals surface area contributed by atoms with Crippen molar-refractivity contribution in [1.82, 2.24) is 4.98 Å². The predicted molar refractivity (Wildman–Crippen MR) is 48.6 cm³/mol. The van der Waals surface area contributed by atoms with E-state index in [4.69, 9.17) is 5.73 Å². The second kappa shape index (κ2) is 3.74.